The van der Waals surface area contributed by atoms with Crippen LogP contribution in [0.15, 0.2) is 252 Å². The lowest BCUT2D eigenvalue weighted by Gasteiger charge is -2.40. The molecule has 2 heterocycles. The Kier molecular flexibility index (Phi) is 8.90. The lowest BCUT2D eigenvalue weighted by molar-refractivity contribution is 0.722. The average molecular weight is 865 g/mol. The monoisotopic (exact) mass is 864 g/mol. The van der Waals surface area contributed by atoms with Crippen LogP contribution in [0.4, 0.5) is 34.1 Å². The fourth-order valence-electron chi connectivity index (χ4n) is 10.6. The molecule has 1 aliphatic carbocycles. The van der Waals surface area contributed by atoms with Crippen molar-refractivity contribution in [2.45, 2.75) is 15.2 Å². The average Bonchev–Trinajstić information content (AvgIpc) is 3.90. The minimum atomic E-state index is -0.466. The van der Waals surface area contributed by atoms with E-state index in [1.807, 2.05) is 23.1 Å². The van der Waals surface area contributed by atoms with E-state index in [0.29, 0.717) is 0 Å². The zero-order valence-electron chi connectivity index (χ0n) is 35.3. The highest BCUT2D eigenvalue weighted by Crippen LogP contribution is 2.63. The predicted molar refractivity (Wildman–Crippen MR) is 276 cm³/mol. The molecule has 1 aromatic heterocycles. The van der Waals surface area contributed by atoms with Crippen LogP contribution in [0.25, 0.3) is 42.4 Å². The summed E-state index contributed by atoms with van der Waals surface area (Å²) in [5.41, 5.74) is 16.6. The Morgan fingerprint density at radius 2 is 0.862 bits per heavy atom. The quantitative estimate of drug-likeness (QED) is 0.158. The van der Waals surface area contributed by atoms with Crippen molar-refractivity contribution in [2.75, 3.05) is 9.80 Å². The number of thiophene rings is 1. The van der Waals surface area contributed by atoms with Gasteiger partial charge in [0, 0.05) is 58.4 Å². The van der Waals surface area contributed by atoms with Crippen molar-refractivity contribution in [2.24, 2.45) is 0 Å². The van der Waals surface area contributed by atoms with Crippen molar-refractivity contribution in [1.29, 1.82) is 0 Å². The van der Waals surface area contributed by atoms with E-state index in [9.17, 15) is 0 Å². The van der Waals surface area contributed by atoms with Gasteiger partial charge in [0.05, 0.1) is 11.1 Å². The SMILES string of the molecule is c1ccc(N(c2cccc(-c3ccc(N(c4ccccc4)c4ccccc4)c4c3sc3ccccc34)c2)c2ccc3c(c2)C2(c4ccccc4Sc4ccccc42)c2ccccc2-3)cc1. The van der Waals surface area contributed by atoms with Crippen LogP contribution in [0, 0.1) is 0 Å². The van der Waals surface area contributed by atoms with Crippen molar-refractivity contribution in [3.05, 3.63) is 265 Å². The molecule has 4 heteroatoms. The molecule has 0 radical (unpaired) electrons. The second kappa shape index (κ2) is 15.3. The molecule has 13 rings (SSSR count). The highest BCUT2D eigenvalue weighted by atomic mass is 32.2. The van der Waals surface area contributed by atoms with Gasteiger partial charge < -0.3 is 9.80 Å². The second-order valence-corrected chi connectivity index (χ2v) is 18.9. The molecule has 2 nitrogen and oxygen atoms in total. The Hall–Kier alpha value is -7.63. The van der Waals surface area contributed by atoms with Gasteiger partial charge in [-0.1, -0.05) is 169 Å². The molecule has 0 saturated heterocycles. The first kappa shape index (κ1) is 37.9. The zero-order valence-corrected chi connectivity index (χ0v) is 36.9. The van der Waals surface area contributed by atoms with Crippen LogP contribution in [0.1, 0.15) is 22.3 Å². The van der Waals surface area contributed by atoms with E-state index in [1.165, 1.54) is 74.5 Å². The number of anilines is 6. The van der Waals surface area contributed by atoms with Gasteiger partial charge in [0.1, 0.15) is 0 Å². The largest absolute Gasteiger partial charge is 0.310 e. The molecule has 0 N–H and O–H groups in total. The maximum absolute atomic E-state index is 2.49. The first-order chi connectivity index (χ1) is 32.3. The molecular formula is C61H40N2S2. The van der Waals surface area contributed by atoms with Crippen LogP contribution in [0.3, 0.4) is 0 Å². The number of hydrogen-bond acceptors (Lipinski definition) is 4. The molecule has 306 valence electrons. The molecule has 1 spiro atoms. The number of fused-ring (bicyclic) bond motifs is 12. The van der Waals surface area contributed by atoms with E-state index in [4.69, 9.17) is 0 Å². The Labute approximate surface area is 387 Å². The Morgan fingerprint density at radius 1 is 0.338 bits per heavy atom. The lowest BCUT2D eigenvalue weighted by atomic mass is 9.67. The minimum Gasteiger partial charge on any atom is -0.310 e. The zero-order chi connectivity index (χ0) is 42.9. The molecule has 0 amide bonds. The van der Waals surface area contributed by atoms with Crippen LogP contribution in [-0.2, 0) is 5.41 Å². The minimum absolute atomic E-state index is 0.466. The van der Waals surface area contributed by atoms with Gasteiger partial charge in [-0.3, -0.25) is 0 Å². The molecule has 2 aliphatic rings. The highest BCUT2D eigenvalue weighted by Gasteiger charge is 2.50. The molecule has 0 fully saturated rings. The summed E-state index contributed by atoms with van der Waals surface area (Å²) < 4.78 is 2.55. The lowest BCUT2D eigenvalue weighted by Crippen LogP contribution is -2.32. The van der Waals surface area contributed by atoms with Crippen molar-refractivity contribution < 1.29 is 0 Å². The summed E-state index contributed by atoms with van der Waals surface area (Å²) in [6, 6.07) is 89.3. The fourth-order valence-corrected chi connectivity index (χ4v) is 13.1. The third-order valence-corrected chi connectivity index (χ3v) is 15.6. The number of hydrogen-bond donors (Lipinski definition) is 0. The van der Waals surface area contributed by atoms with Crippen molar-refractivity contribution in [1.82, 2.24) is 0 Å². The molecule has 11 aromatic rings. The van der Waals surface area contributed by atoms with E-state index in [1.54, 1.807) is 0 Å². The molecule has 0 atom stereocenters. The van der Waals surface area contributed by atoms with Crippen LogP contribution in [0.5, 0.6) is 0 Å². The van der Waals surface area contributed by atoms with Crippen molar-refractivity contribution in [3.63, 3.8) is 0 Å². The van der Waals surface area contributed by atoms with Gasteiger partial charge in [0.2, 0.25) is 0 Å². The van der Waals surface area contributed by atoms with E-state index < -0.39 is 5.41 Å². The molecule has 0 unspecified atom stereocenters. The first-order valence-electron chi connectivity index (χ1n) is 22.2. The summed E-state index contributed by atoms with van der Waals surface area (Å²) in [5, 5.41) is 2.52. The first-order valence-corrected chi connectivity index (χ1v) is 23.8. The Morgan fingerprint density at radius 3 is 1.55 bits per heavy atom. The van der Waals surface area contributed by atoms with E-state index in [-0.39, 0.29) is 0 Å². The number of para-hydroxylation sites is 3. The van der Waals surface area contributed by atoms with Crippen LogP contribution >= 0.6 is 23.1 Å². The summed E-state index contributed by atoms with van der Waals surface area (Å²) >= 11 is 3.76. The van der Waals surface area contributed by atoms with Crippen molar-refractivity contribution in [3.8, 4) is 22.3 Å². The van der Waals surface area contributed by atoms with Gasteiger partial charge >= 0.3 is 0 Å². The summed E-state index contributed by atoms with van der Waals surface area (Å²) in [4.78, 5) is 7.46. The Balaban J connectivity index is 1.01. The summed E-state index contributed by atoms with van der Waals surface area (Å²) in [6.07, 6.45) is 0. The predicted octanol–water partition coefficient (Wildman–Crippen LogP) is 17.5. The molecule has 65 heavy (non-hydrogen) atoms. The van der Waals surface area contributed by atoms with Crippen LogP contribution in [-0.4, -0.2) is 0 Å². The molecular weight excluding hydrogens is 825 g/mol. The third kappa shape index (κ3) is 5.88. The van der Waals surface area contributed by atoms with Gasteiger partial charge in [-0.05, 0) is 129 Å². The van der Waals surface area contributed by atoms with Gasteiger partial charge in [-0.15, -0.1) is 11.3 Å². The van der Waals surface area contributed by atoms with Gasteiger partial charge in [0.15, 0.2) is 0 Å². The molecule has 10 aromatic carbocycles. The van der Waals surface area contributed by atoms with Gasteiger partial charge in [-0.2, -0.15) is 0 Å². The van der Waals surface area contributed by atoms with Crippen LogP contribution < -0.4 is 9.80 Å². The second-order valence-electron chi connectivity index (χ2n) is 16.8. The van der Waals surface area contributed by atoms with E-state index in [2.05, 4.69) is 252 Å². The highest BCUT2D eigenvalue weighted by molar-refractivity contribution is 7.99. The Bertz CT molecular complexity index is 3510. The third-order valence-electron chi connectivity index (χ3n) is 13.3. The topological polar surface area (TPSA) is 6.48 Å². The molecule has 0 bridgehead atoms. The number of benzene rings is 10. The van der Waals surface area contributed by atoms with Gasteiger partial charge in [-0.25, -0.2) is 0 Å². The standard InChI is InChI=1S/C61H40N2S2/c1-4-20-42(21-5-1)62(46-35-36-49-48-27-10-12-29-51(48)61(54(49)40-46)52-30-13-16-33-57(52)64-58-34-17-14-31-53(58)61)45-26-18-19-41(39-45)47-37-38-55(59-50-28-11-15-32-56(50)65-60(47)59)63(43-22-6-2-7-23-43)44-24-8-3-9-25-44/h1-40H. The number of rotatable bonds is 7. The summed E-state index contributed by atoms with van der Waals surface area (Å²) in [7, 11) is 0. The van der Waals surface area contributed by atoms with Crippen molar-refractivity contribution >= 4 is 77.4 Å². The number of nitrogens with zero attached hydrogens (tertiary/aromatic N) is 2. The fraction of sp³-hybridized carbons (Fsp3) is 0.0164. The van der Waals surface area contributed by atoms with Crippen LogP contribution in [0.2, 0.25) is 0 Å². The van der Waals surface area contributed by atoms with E-state index in [0.717, 1.165) is 34.1 Å². The maximum Gasteiger partial charge on any atom is 0.0736 e. The normalized spacial score (nSPS) is 13.0. The smallest absolute Gasteiger partial charge is 0.0736 e. The van der Waals surface area contributed by atoms with E-state index >= 15 is 0 Å². The van der Waals surface area contributed by atoms with Gasteiger partial charge in [0.25, 0.3) is 0 Å². The summed E-state index contributed by atoms with van der Waals surface area (Å²) in [5.74, 6) is 0. The maximum atomic E-state index is 2.49. The summed E-state index contributed by atoms with van der Waals surface area (Å²) in [6.45, 7) is 0. The molecule has 1 aliphatic heterocycles. The molecule has 0 saturated carbocycles.